The molecule has 0 radical (unpaired) electrons. The van der Waals surface area contributed by atoms with Crippen LogP contribution in [0.2, 0.25) is 0 Å². The summed E-state index contributed by atoms with van der Waals surface area (Å²) in [5.74, 6) is 2.26. The summed E-state index contributed by atoms with van der Waals surface area (Å²) in [6, 6.07) is 10.3. The smallest absolute Gasteiger partial charge is 0.230 e. The molecule has 2 rings (SSSR count). The highest BCUT2D eigenvalue weighted by molar-refractivity contribution is 5.39. The van der Waals surface area contributed by atoms with Crippen molar-refractivity contribution in [3.8, 4) is 0 Å². The van der Waals surface area contributed by atoms with Crippen LogP contribution in [0.3, 0.4) is 0 Å². The Kier molecular flexibility index (Phi) is 6.49. The fourth-order valence-electron chi connectivity index (χ4n) is 2.31. The molecule has 1 aromatic heterocycles. The van der Waals surface area contributed by atoms with Crippen LogP contribution in [0.15, 0.2) is 30.3 Å². The first-order chi connectivity index (χ1) is 11.5. The van der Waals surface area contributed by atoms with Crippen LogP contribution in [0, 0.1) is 0 Å². The summed E-state index contributed by atoms with van der Waals surface area (Å²) in [6.45, 7) is 5.45. The Hall–Kier alpha value is -2.21. The number of benzene rings is 1. The zero-order valence-electron chi connectivity index (χ0n) is 15.0. The van der Waals surface area contributed by atoms with Crippen molar-refractivity contribution in [1.82, 2.24) is 15.0 Å². The van der Waals surface area contributed by atoms with Gasteiger partial charge in [-0.05, 0) is 12.0 Å². The van der Waals surface area contributed by atoms with E-state index in [9.17, 15) is 5.11 Å². The third-order valence-corrected chi connectivity index (χ3v) is 3.71. The molecule has 130 valence electrons. The molecule has 0 bridgehead atoms. The molecule has 0 unspecified atom stereocenters. The Balaban J connectivity index is 2.25. The Labute approximate surface area is 144 Å². The summed E-state index contributed by atoms with van der Waals surface area (Å²) in [5, 5.41) is 9.43. The molecule has 6 nitrogen and oxygen atoms in total. The Morgan fingerprint density at radius 3 is 2.21 bits per heavy atom. The second-order valence-corrected chi connectivity index (χ2v) is 6.29. The number of aliphatic hydroxyl groups excluding tert-OH is 1. The summed E-state index contributed by atoms with van der Waals surface area (Å²) in [7, 11) is 3.84. The lowest BCUT2D eigenvalue weighted by atomic mass is 10.1. The van der Waals surface area contributed by atoms with Gasteiger partial charge in [0.25, 0.3) is 0 Å². The molecule has 0 aliphatic carbocycles. The monoisotopic (exact) mass is 329 g/mol. The topological polar surface area (TPSA) is 65.4 Å². The minimum atomic E-state index is 0.0643. The van der Waals surface area contributed by atoms with Crippen LogP contribution in [0.25, 0.3) is 0 Å². The lowest BCUT2D eigenvalue weighted by Crippen LogP contribution is -2.32. The number of anilines is 2. The van der Waals surface area contributed by atoms with Crippen molar-refractivity contribution in [2.45, 2.75) is 26.2 Å². The molecular formula is C18H27N5O. The summed E-state index contributed by atoms with van der Waals surface area (Å²) < 4.78 is 0. The minimum Gasteiger partial charge on any atom is -0.395 e. The highest BCUT2D eigenvalue weighted by Gasteiger charge is 2.16. The van der Waals surface area contributed by atoms with Crippen LogP contribution in [-0.2, 0) is 6.42 Å². The van der Waals surface area contributed by atoms with Gasteiger partial charge >= 0.3 is 0 Å². The van der Waals surface area contributed by atoms with Gasteiger partial charge < -0.3 is 14.9 Å². The predicted octanol–water partition coefficient (Wildman–Crippen LogP) is 2.10. The first-order valence-corrected chi connectivity index (χ1v) is 8.34. The number of aromatic nitrogens is 3. The maximum absolute atomic E-state index is 9.43. The van der Waals surface area contributed by atoms with Crippen LogP contribution in [0.1, 0.15) is 31.2 Å². The summed E-state index contributed by atoms with van der Waals surface area (Å²) in [6.07, 6.45) is 0.876. The molecule has 0 aliphatic heterocycles. The molecule has 1 aromatic carbocycles. The average molecular weight is 329 g/mol. The normalized spacial score (nSPS) is 10.9. The molecule has 0 saturated heterocycles. The van der Waals surface area contributed by atoms with E-state index in [1.54, 1.807) is 0 Å². The largest absolute Gasteiger partial charge is 0.395 e. The number of rotatable bonds is 8. The van der Waals surface area contributed by atoms with Crippen molar-refractivity contribution in [3.05, 3.63) is 41.7 Å². The van der Waals surface area contributed by atoms with E-state index in [1.807, 2.05) is 42.1 Å². The van der Waals surface area contributed by atoms with E-state index in [2.05, 4.69) is 40.9 Å². The van der Waals surface area contributed by atoms with Crippen molar-refractivity contribution in [3.63, 3.8) is 0 Å². The van der Waals surface area contributed by atoms with Crippen molar-refractivity contribution in [2.75, 3.05) is 43.6 Å². The quantitative estimate of drug-likeness (QED) is 0.800. The lowest BCUT2D eigenvalue weighted by molar-refractivity contribution is 0.301. The highest BCUT2D eigenvalue weighted by Crippen LogP contribution is 2.18. The molecule has 1 N–H and O–H groups in total. The zero-order chi connectivity index (χ0) is 17.5. The number of hydrogen-bond donors (Lipinski definition) is 1. The first kappa shape index (κ1) is 18.1. The van der Waals surface area contributed by atoms with Crippen LogP contribution >= 0.6 is 0 Å². The van der Waals surface area contributed by atoms with Crippen molar-refractivity contribution in [1.29, 1.82) is 0 Å². The maximum atomic E-state index is 9.43. The van der Waals surface area contributed by atoms with Gasteiger partial charge in [0.2, 0.25) is 11.9 Å². The Morgan fingerprint density at radius 1 is 0.958 bits per heavy atom. The van der Waals surface area contributed by atoms with E-state index in [-0.39, 0.29) is 12.5 Å². The fourth-order valence-corrected chi connectivity index (χ4v) is 2.31. The van der Waals surface area contributed by atoms with E-state index < -0.39 is 0 Å². The van der Waals surface area contributed by atoms with Gasteiger partial charge in [0, 0.05) is 33.1 Å². The van der Waals surface area contributed by atoms with Gasteiger partial charge in [-0.3, -0.25) is 0 Å². The van der Waals surface area contributed by atoms with Gasteiger partial charge in [0.05, 0.1) is 6.61 Å². The van der Waals surface area contributed by atoms with E-state index in [1.165, 1.54) is 5.56 Å². The maximum Gasteiger partial charge on any atom is 0.230 e. The zero-order valence-corrected chi connectivity index (χ0v) is 15.0. The van der Waals surface area contributed by atoms with Gasteiger partial charge in [-0.25, -0.2) is 0 Å². The predicted molar refractivity (Wildman–Crippen MR) is 97.7 cm³/mol. The molecule has 6 heteroatoms. The third kappa shape index (κ3) is 4.89. The lowest BCUT2D eigenvalue weighted by Gasteiger charge is -2.24. The van der Waals surface area contributed by atoms with Crippen molar-refractivity contribution in [2.24, 2.45) is 0 Å². The highest BCUT2D eigenvalue weighted by atomic mass is 16.3. The molecule has 0 aliphatic rings. The molecule has 24 heavy (non-hydrogen) atoms. The molecular weight excluding hydrogens is 302 g/mol. The van der Waals surface area contributed by atoms with E-state index in [0.717, 1.165) is 18.8 Å². The minimum absolute atomic E-state index is 0.0643. The van der Waals surface area contributed by atoms with Crippen LogP contribution in [-0.4, -0.2) is 53.9 Å². The van der Waals surface area contributed by atoms with Crippen molar-refractivity contribution < 1.29 is 5.11 Å². The van der Waals surface area contributed by atoms with Gasteiger partial charge in [-0.2, -0.15) is 15.0 Å². The van der Waals surface area contributed by atoms with Crippen LogP contribution < -0.4 is 9.80 Å². The Morgan fingerprint density at radius 2 is 1.62 bits per heavy atom. The van der Waals surface area contributed by atoms with E-state index in [4.69, 9.17) is 0 Å². The molecule has 2 aromatic rings. The van der Waals surface area contributed by atoms with Gasteiger partial charge in [-0.15, -0.1) is 0 Å². The van der Waals surface area contributed by atoms with E-state index >= 15 is 0 Å². The van der Waals surface area contributed by atoms with Crippen LogP contribution in [0.4, 0.5) is 11.9 Å². The number of aliphatic hydroxyl groups is 1. The van der Waals surface area contributed by atoms with Gasteiger partial charge in [-0.1, -0.05) is 44.2 Å². The molecule has 1 heterocycles. The summed E-state index contributed by atoms with van der Waals surface area (Å²) in [5.41, 5.74) is 1.26. The third-order valence-electron chi connectivity index (χ3n) is 3.71. The van der Waals surface area contributed by atoms with Gasteiger partial charge in [0.1, 0.15) is 5.82 Å². The molecule has 0 atom stereocenters. The molecule has 0 fully saturated rings. The van der Waals surface area contributed by atoms with Gasteiger partial charge in [0.15, 0.2) is 0 Å². The second-order valence-electron chi connectivity index (χ2n) is 6.29. The standard InChI is InChI=1S/C18H27N5O/c1-14(2)16-19-17(22(3)4)21-18(20-16)23(12-13-24)11-10-15-8-6-5-7-9-15/h5-9,14,24H,10-13H2,1-4H3. The first-order valence-electron chi connectivity index (χ1n) is 8.34. The Bertz CT molecular complexity index is 604. The molecule has 0 spiro atoms. The SMILES string of the molecule is CC(C)c1nc(N(C)C)nc(N(CCO)CCc2ccccc2)n1. The fraction of sp³-hybridized carbons (Fsp3) is 0.500. The summed E-state index contributed by atoms with van der Waals surface area (Å²) >= 11 is 0. The van der Waals surface area contributed by atoms with Crippen LogP contribution in [0.5, 0.6) is 0 Å². The van der Waals surface area contributed by atoms with E-state index in [0.29, 0.717) is 18.4 Å². The van der Waals surface area contributed by atoms with Crippen molar-refractivity contribution >= 4 is 11.9 Å². The summed E-state index contributed by atoms with van der Waals surface area (Å²) in [4.78, 5) is 17.6. The average Bonchev–Trinajstić information content (AvgIpc) is 2.59. The number of nitrogens with zero attached hydrogens (tertiary/aromatic N) is 5. The molecule has 0 amide bonds. The molecule has 0 saturated carbocycles. The number of hydrogen-bond acceptors (Lipinski definition) is 6. The second kappa shape index (κ2) is 8.59.